The summed E-state index contributed by atoms with van der Waals surface area (Å²) < 4.78 is 31.1. The van der Waals surface area contributed by atoms with Crippen molar-refractivity contribution in [1.82, 2.24) is 5.43 Å². The molecule has 0 radical (unpaired) electrons. The third kappa shape index (κ3) is 6.09. The molecule has 0 bridgehead atoms. The summed E-state index contributed by atoms with van der Waals surface area (Å²) in [6, 6.07) is 20.5. The molecule has 3 rings (SSSR count). The number of carbonyl (C=O) groups is 1. The summed E-state index contributed by atoms with van der Waals surface area (Å²) in [5.41, 5.74) is 4.65. The van der Waals surface area contributed by atoms with Crippen molar-refractivity contribution in [2.45, 2.75) is 6.54 Å². The van der Waals surface area contributed by atoms with Gasteiger partial charge >= 0.3 is 0 Å². The Morgan fingerprint density at radius 1 is 1.09 bits per heavy atom. The van der Waals surface area contributed by atoms with Gasteiger partial charge in [-0.15, -0.1) is 0 Å². The third-order valence-electron chi connectivity index (χ3n) is 4.56. The van der Waals surface area contributed by atoms with Crippen molar-refractivity contribution in [3.63, 3.8) is 0 Å². The van der Waals surface area contributed by atoms with E-state index in [4.69, 9.17) is 16.3 Å². The van der Waals surface area contributed by atoms with Crippen LogP contribution in [-0.4, -0.2) is 33.9 Å². The highest BCUT2D eigenvalue weighted by Gasteiger charge is 2.19. The number of nitrogens with zero attached hydrogens (tertiary/aromatic N) is 2. The van der Waals surface area contributed by atoms with Gasteiger partial charge in [-0.2, -0.15) is 5.10 Å². The van der Waals surface area contributed by atoms with E-state index in [9.17, 15) is 13.2 Å². The fourth-order valence-electron chi connectivity index (χ4n) is 2.91. The van der Waals surface area contributed by atoms with Gasteiger partial charge in [-0.1, -0.05) is 41.9 Å². The molecule has 32 heavy (non-hydrogen) atoms. The Bertz CT molecular complexity index is 1230. The second-order valence-electron chi connectivity index (χ2n) is 6.88. The van der Waals surface area contributed by atoms with Crippen LogP contribution in [0.5, 0.6) is 5.75 Å². The van der Waals surface area contributed by atoms with Crippen LogP contribution in [0.2, 0.25) is 5.02 Å². The summed E-state index contributed by atoms with van der Waals surface area (Å²) in [4.78, 5) is 12.4. The SMILES string of the molecule is COc1cccc(/C=N\NC(=O)c2ccc(N(Cc3ccccc3Cl)S(C)(=O)=O)cc2)c1. The van der Waals surface area contributed by atoms with E-state index in [1.807, 2.05) is 18.2 Å². The summed E-state index contributed by atoms with van der Waals surface area (Å²) in [5.74, 6) is 0.260. The molecule has 166 valence electrons. The summed E-state index contributed by atoms with van der Waals surface area (Å²) in [6.45, 7) is 0.0783. The number of rotatable bonds is 8. The van der Waals surface area contributed by atoms with Crippen LogP contribution in [0.1, 0.15) is 21.5 Å². The first-order chi connectivity index (χ1) is 15.3. The van der Waals surface area contributed by atoms with Gasteiger partial charge in [-0.05, 0) is 53.6 Å². The molecule has 3 aromatic carbocycles. The maximum atomic E-state index is 12.4. The van der Waals surface area contributed by atoms with Crippen LogP contribution in [-0.2, 0) is 16.6 Å². The number of hydrazone groups is 1. The molecule has 0 fully saturated rings. The molecule has 0 spiro atoms. The molecular formula is C23H22ClN3O4S. The van der Waals surface area contributed by atoms with Crippen LogP contribution < -0.4 is 14.5 Å². The summed E-state index contributed by atoms with van der Waals surface area (Å²) >= 11 is 6.19. The maximum absolute atomic E-state index is 12.4. The Kier molecular flexibility index (Phi) is 7.50. The Balaban J connectivity index is 1.72. The van der Waals surface area contributed by atoms with Crippen molar-refractivity contribution >= 4 is 39.4 Å². The number of amides is 1. The molecule has 0 saturated carbocycles. The lowest BCUT2D eigenvalue weighted by molar-refractivity contribution is 0.0955. The van der Waals surface area contributed by atoms with Gasteiger partial charge in [-0.3, -0.25) is 9.10 Å². The number of sulfonamides is 1. The number of hydrogen-bond acceptors (Lipinski definition) is 5. The van der Waals surface area contributed by atoms with E-state index in [1.165, 1.54) is 22.7 Å². The number of hydrogen-bond donors (Lipinski definition) is 1. The van der Waals surface area contributed by atoms with Crippen LogP contribution >= 0.6 is 11.6 Å². The largest absolute Gasteiger partial charge is 0.497 e. The topological polar surface area (TPSA) is 88.1 Å². The zero-order valence-electron chi connectivity index (χ0n) is 17.5. The predicted molar refractivity (Wildman–Crippen MR) is 127 cm³/mol. The van der Waals surface area contributed by atoms with Crippen LogP contribution in [0.15, 0.2) is 77.9 Å². The van der Waals surface area contributed by atoms with Crippen LogP contribution in [0.25, 0.3) is 0 Å². The first-order valence-corrected chi connectivity index (χ1v) is 11.8. The fourth-order valence-corrected chi connectivity index (χ4v) is 3.99. The van der Waals surface area contributed by atoms with Crippen molar-refractivity contribution in [3.05, 3.63) is 94.5 Å². The van der Waals surface area contributed by atoms with Crippen LogP contribution in [0.3, 0.4) is 0 Å². The molecule has 0 aromatic heterocycles. The van der Waals surface area contributed by atoms with Crippen LogP contribution in [0, 0.1) is 0 Å². The minimum absolute atomic E-state index is 0.0783. The van der Waals surface area contributed by atoms with Gasteiger partial charge in [0.15, 0.2) is 0 Å². The highest BCUT2D eigenvalue weighted by atomic mass is 35.5. The van der Waals surface area contributed by atoms with Gasteiger partial charge < -0.3 is 4.74 Å². The average molecular weight is 472 g/mol. The Morgan fingerprint density at radius 2 is 1.81 bits per heavy atom. The van der Waals surface area contributed by atoms with Gasteiger partial charge in [0.05, 0.1) is 31.8 Å². The Morgan fingerprint density at radius 3 is 2.47 bits per heavy atom. The average Bonchev–Trinajstić information content (AvgIpc) is 2.78. The van der Waals surface area contributed by atoms with Gasteiger partial charge in [0.1, 0.15) is 5.75 Å². The van der Waals surface area contributed by atoms with Crippen molar-refractivity contribution < 1.29 is 17.9 Å². The van der Waals surface area contributed by atoms with E-state index in [1.54, 1.807) is 49.6 Å². The standard InChI is InChI=1S/C23H22ClN3O4S/c1-31-21-8-5-6-17(14-21)15-25-26-23(28)18-10-12-20(13-11-18)27(32(2,29)30)16-19-7-3-4-9-22(19)24/h3-15H,16H2,1-2H3,(H,26,28)/b25-15-. The van der Waals surface area contributed by atoms with E-state index in [-0.39, 0.29) is 6.54 Å². The molecule has 0 unspecified atom stereocenters. The Labute approximate surface area is 192 Å². The lowest BCUT2D eigenvalue weighted by Crippen LogP contribution is -2.29. The number of ether oxygens (including phenoxy) is 1. The first-order valence-electron chi connectivity index (χ1n) is 9.56. The Hall–Kier alpha value is -3.36. The fraction of sp³-hybridized carbons (Fsp3) is 0.130. The molecule has 7 nitrogen and oxygen atoms in total. The highest BCUT2D eigenvalue weighted by Crippen LogP contribution is 2.24. The number of benzene rings is 3. The molecule has 0 saturated heterocycles. The first kappa shape index (κ1) is 23.3. The van der Waals surface area contributed by atoms with Crippen molar-refractivity contribution in [2.24, 2.45) is 5.10 Å². The van der Waals surface area contributed by atoms with E-state index < -0.39 is 15.9 Å². The lowest BCUT2D eigenvalue weighted by atomic mass is 10.2. The number of methoxy groups -OCH3 is 1. The van der Waals surface area contributed by atoms with E-state index in [0.29, 0.717) is 27.6 Å². The van der Waals surface area contributed by atoms with E-state index in [2.05, 4.69) is 10.5 Å². The molecule has 1 N–H and O–H groups in total. The van der Waals surface area contributed by atoms with Gasteiger partial charge in [0.2, 0.25) is 10.0 Å². The van der Waals surface area contributed by atoms with E-state index >= 15 is 0 Å². The number of carbonyl (C=O) groups excluding carboxylic acids is 1. The molecule has 0 atom stereocenters. The number of nitrogens with one attached hydrogen (secondary N) is 1. The normalized spacial score (nSPS) is 11.3. The quantitative estimate of drug-likeness (QED) is 0.396. The molecule has 0 heterocycles. The second kappa shape index (κ2) is 10.3. The van der Waals surface area contributed by atoms with Gasteiger partial charge in [0, 0.05) is 10.6 Å². The second-order valence-corrected chi connectivity index (χ2v) is 9.20. The number of anilines is 1. The molecule has 3 aromatic rings. The molecule has 9 heteroatoms. The minimum Gasteiger partial charge on any atom is -0.497 e. The predicted octanol–water partition coefficient (Wildman–Crippen LogP) is 4.08. The van der Waals surface area contributed by atoms with Gasteiger partial charge in [0.25, 0.3) is 5.91 Å². The third-order valence-corrected chi connectivity index (χ3v) is 6.07. The van der Waals surface area contributed by atoms with Crippen molar-refractivity contribution in [3.8, 4) is 5.75 Å². The highest BCUT2D eigenvalue weighted by molar-refractivity contribution is 7.92. The van der Waals surface area contributed by atoms with Crippen molar-refractivity contribution in [2.75, 3.05) is 17.7 Å². The maximum Gasteiger partial charge on any atom is 0.271 e. The molecule has 0 aliphatic rings. The minimum atomic E-state index is -3.58. The van der Waals surface area contributed by atoms with Crippen LogP contribution in [0.4, 0.5) is 5.69 Å². The molecule has 0 aliphatic heterocycles. The molecular weight excluding hydrogens is 450 g/mol. The molecule has 0 aliphatic carbocycles. The summed E-state index contributed by atoms with van der Waals surface area (Å²) in [6.07, 6.45) is 2.63. The number of halogens is 1. The molecule has 1 amide bonds. The summed E-state index contributed by atoms with van der Waals surface area (Å²) in [7, 11) is -2.01. The van der Waals surface area contributed by atoms with E-state index in [0.717, 1.165) is 11.8 Å². The monoisotopic (exact) mass is 471 g/mol. The zero-order chi connectivity index (χ0) is 23.1. The zero-order valence-corrected chi connectivity index (χ0v) is 19.1. The lowest BCUT2D eigenvalue weighted by Gasteiger charge is -2.23. The smallest absolute Gasteiger partial charge is 0.271 e. The van der Waals surface area contributed by atoms with Gasteiger partial charge in [-0.25, -0.2) is 13.8 Å². The van der Waals surface area contributed by atoms with Crippen molar-refractivity contribution in [1.29, 1.82) is 0 Å². The summed E-state index contributed by atoms with van der Waals surface area (Å²) in [5, 5.41) is 4.43.